The Morgan fingerprint density at radius 2 is 1.50 bits per heavy atom. The average molecular weight is 548 g/mol. The van der Waals surface area contributed by atoms with Gasteiger partial charge in [0, 0.05) is 33.7 Å². The lowest BCUT2D eigenvalue weighted by Gasteiger charge is -2.13. The fraction of sp³-hybridized carbons (Fsp3) is 0.0833. The standard InChI is InChI=1S/C24H19Cl2N3O6S/c1-36(2,27)29-21(30)13-4-6-16(18(9-13)24(34)35)22(31)28-20-10-12(3-7-17(20)23(32)33)15-8-5-14(25)11-19(15)26/h3-11,27H,1-2H3,(H,28,31)(H,32,33)(H,34,35). The number of benzene rings is 3. The van der Waals surface area contributed by atoms with E-state index >= 15 is 0 Å². The predicted octanol–water partition coefficient (Wildman–Crippen LogP) is 5.81. The fourth-order valence-corrected chi connectivity index (χ4v) is 4.26. The van der Waals surface area contributed by atoms with E-state index in [0.29, 0.717) is 21.2 Å². The third-order valence-electron chi connectivity index (χ3n) is 4.79. The maximum atomic E-state index is 13.0. The second-order valence-electron chi connectivity index (χ2n) is 7.88. The van der Waals surface area contributed by atoms with Gasteiger partial charge < -0.3 is 15.5 Å². The lowest BCUT2D eigenvalue weighted by Crippen LogP contribution is -2.19. The summed E-state index contributed by atoms with van der Waals surface area (Å²) in [6.45, 7) is 0. The van der Waals surface area contributed by atoms with E-state index in [2.05, 4.69) is 9.68 Å². The Bertz CT molecular complexity index is 1550. The number of carboxylic acids is 2. The Morgan fingerprint density at radius 3 is 2.08 bits per heavy atom. The SMILES string of the molecule is CS(C)(=N)=NC(=O)c1ccc(C(=O)Nc2cc(-c3ccc(Cl)cc3Cl)ccc2C(=O)O)c(C(=O)O)c1. The summed E-state index contributed by atoms with van der Waals surface area (Å²) in [6, 6.07) is 12.3. The van der Waals surface area contributed by atoms with Gasteiger partial charge >= 0.3 is 11.9 Å². The summed E-state index contributed by atoms with van der Waals surface area (Å²) in [4.78, 5) is 48.9. The molecule has 2 amide bonds. The molecular weight excluding hydrogens is 529 g/mol. The average Bonchev–Trinajstić information content (AvgIpc) is 2.77. The number of carboxylic acid groups (broad SMARTS) is 2. The molecule has 0 bridgehead atoms. The number of hydrogen-bond donors (Lipinski definition) is 4. The van der Waals surface area contributed by atoms with Crippen molar-refractivity contribution in [3.05, 3.63) is 86.9 Å². The number of rotatable bonds is 6. The van der Waals surface area contributed by atoms with E-state index in [4.69, 9.17) is 28.0 Å². The van der Waals surface area contributed by atoms with Gasteiger partial charge in [-0.1, -0.05) is 45.0 Å². The van der Waals surface area contributed by atoms with E-state index in [9.17, 15) is 29.4 Å². The van der Waals surface area contributed by atoms with Gasteiger partial charge in [-0.05, 0) is 48.0 Å². The molecule has 0 saturated heterocycles. The predicted molar refractivity (Wildman–Crippen MR) is 139 cm³/mol. The molecule has 0 unspecified atom stereocenters. The first-order valence-electron chi connectivity index (χ1n) is 10.0. The zero-order valence-corrected chi connectivity index (χ0v) is 21.2. The van der Waals surface area contributed by atoms with Gasteiger partial charge in [0.25, 0.3) is 11.8 Å². The maximum absolute atomic E-state index is 13.0. The highest BCUT2D eigenvalue weighted by atomic mass is 35.5. The topological polar surface area (TPSA) is 157 Å². The van der Waals surface area contributed by atoms with Crippen LogP contribution >= 0.6 is 23.2 Å². The molecule has 36 heavy (non-hydrogen) atoms. The Kier molecular flexibility index (Phi) is 7.83. The zero-order valence-electron chi connectivity index (χ0n) is 18.8. The lowest BCUT2D eigenvalue weighted by molar-refractivity contribution is 0.0684. The van der Waals surface area contributed by atoms with E-state index in [0.717, 1.165) is 12.1 Å². The first kappa shape index (κ1) is 26.9. The molecular formula is C24H19Cl2N3O6S. The van der Waals surface area contributed by atoms with Crippen LogP contribution in [-0.4, -0.2) is 46.5 Å². The molecule has 0 radical (unpaired) electrons. The molecule has 0 spiro atoms. The van der Waals surface area contributed by atoms with Crippen LogP contribution in [0.1, 0.15) is 41.4 Å². The Hall–Kier alpha value is -3.73. The summed E-state index contributed by atoms with van der Waals surface area (Å²) < 4.78 is 11.5. The van der Waals surface area contributed by atoms with Crippen LogP contribution in [0.3, 0.4) is 0 Å². The third kappa shape index (κ3) is 6.28. The number of amides is 2. The van der Waals surface area contributed by atoms with Crippen LogP contribution in [0.2, 0.25) is 10.0 Å². The third-order valence-corrected chi connectivity index (χ3v) is 5.96. The number of carbonyl (C=O) groups is 4. The first-order chi connectivity index (χ1) is 16.8. The molecule has 0 saturated carbocycles. The van der Waals surface area contributed by atoms with Crippen LogP contribution in [0.5, 0.6) is 0 Å². The van der Waals surface area contributed by atoms with Crippen molar-refractivity contribution in [2.45, 2.75) is 0 Å². The van der Waals surface area contributed by atoms with E-state index in [1.807, 2.05) is 0 Å². The van der Waals surface area contributed by atoms with Crippen molar-refractivity contribution < 1.29 is 29.4 Å². The number of nitrogens with zero attached hydrogens (tertiary/aromatic N) is 1. The summed E-state index contributed by atoms with van der Waals surface area (Å²) in [6.07, 6.45) is 2.94. The Balaban J connectivity index is 2.05. The van der Waals surface area contributed by atoms with Gasteiger partial charge in [0.05, 0.1) is 22.4 Å². The van der Waals surface area contributed by atoms with Crippen LogP contribution in [0.4, 0.5) is 5.69 Å². The zero-order chi connectivity index (χ0) is 26.8. The van der Waals surface area contributed by atoms with Gasteiger partial charge in [-0.25, -0.2) is 9.59 Å². The molecule has 0 aromatic heterocycles. The minimum Gasteiger partial charge on any atom is -0.478 e. The fourth-order valence-electron chi connectivity index (χ4n) is 3.23. The van der Waals surface area contributed by atoms with Crippen molar-refractivity contribution in [3.8, 4) is 11.1 Å². The van der Waals surface area contributed by atoms with Gasteiger partial charge in [-0.2, -0.15) is 4.36 Å². The van der Waals surface area contributed by atoms with Gasteiger partial charge in [0.1, 0.15) is 0 Å². The Morgan fingerprint density at radius 1 is 0.861 bits per heavy atom. The van der Waals surface area contributed by atoms with E-state index in [1.165, 1.54) is 42.8 Å². The van der Waals surface area contributed by atoms with Crippen molar-refractivity contribution in [1.29, 1.82) is 4.78 Å². The second-order valence-corrected chi connectivity index (χ2v) is 11.5. The van der Waals surface area contributed by atoms with Crippen LogP contribution in [0.25, 0.3) is 11.1 Å². The first-order valence-corrected chi connectivity index (χ1v) is 13.2. The Labute approximate surface area is 216 Å². The highest BCUT2D eigenvalue weighted by molar-refractivity contribution is 7.93. The molecule has 0 aliphatic heterocycles. The van der Waals surface area contributed by atoms with Crippen molar-refractivity contribution in [1.82, 2.24) is 0 Å². The quantitative estimate of drug-likeness (QED) is 0.305. The summed E-state index contributed by atoms with van der Waals surface area (Å²) >= 11 is 12.2. The minimum absolute atomic E-state index is 0.0950. The second kappa shape index (κ2) is 10.5. The number of carbonyl (C=O) groups excluding carboxylic acids is 2. The number of halogens is 2. The van der Waals surface area contributed by atoms with Crippen molar-refractivity contribution in [2.75, 3.05) is 17.8 Å². The van der Waals surface area contributed by atoms with Gasteiger partial charge in [-0.3, -0.25) is 14.4 Å². The van der Waals surface area contributed by atoms with Crippen LogP contribution in [0, 0.1) is 4.78 Å². The molecule has 186 valence electrons. The summed E-state index contributed by atoms with van der Waals surface area (Å²) in [5.74, 6) is -4.48. The molecule has 0 aliphatic carbocycles. The summed E-state index contributed by atoms with van der Waals surface area (Å²) in [5.41, 5.74) is -0.197. The molecule has 9 nitrogen and oxygen atoms in total. The largest absolute Gasteiger partial charge is 0.478 e. The number of nitrogens with one attached hydrogen (secondary N) is 2. The van der Waals surface area contributed by atoms with Crippen molar-refractivity contribution in [2.24, 2.45) is 4.36 Å². The summed E-state index contributed by atoms with van der Waals surface area (Å²) in [7, 11) is -2.29. The molecule has 0 aliphatic rings. The number of hydrogen-bond acceptors (Lipinski definition) is 5. The number of anilines is 1. The molecule has 3 aromatic rings. The lowest BCUT2D eigenvalue weighted by atomic mass is 10.0. The number of aromatic carboxylic acids is 2. The van der Waals surface area contributed by atoms with Gasteiger partial charge in [0.2, 0.25) is 0 Å². The van der Waals surface area contributed by atoms with Crippen LogP contribution in [0.15, 0.2) is 59.0 Å². The molecule has 0 heterocycles. The monoisotopic (exact) mass is 547 g/mol. The highest BCUT2D eigenvalue weighted by Crippen LogP contribution is 2.33. The minimum atomic E-state index is -2.29. The normalized spacial score (nSPS) is 11.0. The van der Waals surface area contributed by atoms with Gasteiger partial charge in [0.15, 0.2) is 0 Å². The van der Waals surface area contributed by atoms with Crippen molar-refractivity contribution >= 4 is 62.3 Å². The summed E-state index contributed by atoms with van der Waals surface area (Å²) in [5, 5.41) is 22.4. The van der Waals surface area contributed by atoms with E-state index < -0.39 is 38.9 Å². The van der Waals surface area contributed by atoms with E-state index in [-0.39, 0.29) is 22.4 Å². The maximum Gasteiger partial charge on any atom is 0.337 e. The molecule has 0 fully saturated rings. The molecule has 4 N–H and O–H groups in total. The van der Waals surface area contributed by atoms with E-state index in [1.54, 1.807) is 12.1 Å². The molecule has 12 heteroatoms. The van der Waals surface area contributed by atoms with Crippen LogP contribution in [-0.2, 0) is 9.62 Å². The molecule has 0 atom stereocenters. The van der Waals surface area contributed by atoms with Crippen LogP contribution < -0.4 is 5.32 Å². The van der Waals surface area contributed by atoms with Crippen molar-refractivity contribution in [3.63, 3.8) is 0 Å². The molecule has 3 aromatic carbocycles. The smallest absolute Gasteiger partial charge is 0.337 e. The highest BCUT2D eigenvalue weighted by Gasteiger charge is 2.22. The van der Waals surface area contributed by atoms with Gasteiger partial charge in [-0.15, -0.1) is 0 Å². The molecule has 3 rings (SSSR count).